The molecule has 0 bridgehead atoms. The summed E-state index contributed by atoms with van der Waals surface area (Å²) in [6.45, 7) is 2.04. The molecular weight excluding hydrogens is 190 g/mol. The minimum absolute atomic E-state index is 0.510. The second kappa shape index (κ2) is 4.23. The van der Waals surface area contributed by atoms with Gasteiger partial charge in [0.25, 0.3) is 0 Å². The Morgan fingerprint density at radius 1 is 1.33 bits per heavy atom. The van der Waals surface area contributed by atoms with Gasteiger partial charge in [0, 0.05) is 6.42 Å². The van der Waals surface area contributed by atoms with Gasteiger partial charge in [-0.3, -0.25) is 5.10 Å². The largest absolute Gasteiger partial charge is 0.385 e. The molecule has 1 aromatic carbocycles. The van der Waals surface area contributed by atoms with Gasteiger partial charge in [-0.05, 0) is 12.5 Å². The minimum Gasteiger partial charge on any atom is -0.385 e. The number of nitrogens with zero attached hydrogens (tertiary/aromatic N) is 2. The summed E-state index contributed by atoms with van der Waals surface area (Å²) in [6.07, 6.45) is 1.33. The van der Waals surface area contributed by atoms with Gasteiger partial charge < -0.3 is 5.11 Å². The number of hydrogen-bond donors (Lipinski definition) is 2. The molecule has 1 aromatic heterocycles. The van der Waals surface area contributed by atoms with Crippen LogP contribution in [0.4, 0.5) is 0 Å². The second-order valence-electron chi connectivity index (χ2n) is 3.58. The summed E-state index contributed by atoms with van der Waals surface area (Å²) in [5.41, 5.74) is 2.30. The third-order valence-corrected chi connectivity index (χ3v) is 2.30. The first kappa shape index (κ1) is 9.86. The Morgan fingerprint density at radius 3 is 2.67 bits per heavy atom. The van der Waals surface area contributed by atoms with Crippen molar-refractivity contribution in [2.24, 2.45) is 0 Å². The molecule has 15 heavy (non-hydrogen) atoms. The summed E-state index contributed by atoms with van der Waals surface area (Å²) in [6, 6.07) is 8.08. The van der Waals surface area contributed by atoms with Gasteiger partial charge in [0.2, 0.25) is 0 Å². The van der Waals surface area contributed by atoms with Crippen LogP contribution in [-0.2, 0) is 6.42 Å². The predicted molar refractivity (Wildman–Crippen MR) is 56.2 cm³/mol. The van der Waals surface area contributed by atoms with Crippen LogP contribution in [0.15, 0.2) is 30.6 Å². The van der Waals surface area contributed by atoms with Gasteiger partial charge in [0.15, 0.2) is 5.82 Å². The van der Waals surface area contributed by atoms with Crippen molar-refractivity contribution < 1.29 is 5.11 Å². The molecule has 1 atom stereocenters. The molecule has 0 spiro atoms. The van der Waals surface area contributed by atoms with Crippen LogP contribution >= 0.6 is 0 Å². The SMILES string of the molecule is Cc1ccc(CC(O)c2ncn[nH]2)cc1. The summed E-state index contributed by atoms with van der Waals surface area (Å²) >= 11 is 0. The molecule has 0 fully saturated rings. The van der Waals surface area contributed by atoms with E-state index in [4.69, 9.17) is 0 Å². The number of rotatable bonds is 3. The molecule has 4 heteroatoms. The molecule has 0 saturated heterocycles. The van der Waals surface area contributed by atoms with Crippen LogP contribution in [0.1, 0.15) is 23.1 Å². The summed E-state index contributed by atoms with van der Waals surface area (Å²) in [5.74, 6) is 0.510. The van der Waals surface area contributed by atoms with Crippen molar-refractivity contribution in [3.05, 3.63) is 47.5 Å². The van der Waals surface area contributed by atoms with E-state index >= 15 is 0 Å². The van der Waals surface area contributed by atoms with E-state index in [0.29, 0.717) is 12.2 Å². The van der Waals surface area contributed by atoms with E-state index < -0.39 is 6.10 Å². The molecule has 0 saturated carbocycles. The van der Waals surface area contributed by atoms with E-state index in [9.17, 15) is 5.11 Å². The molecular formula is C11H13N3O. The number of aromatic nitrogens is 3. The fraction of sp³-hybridized carbons (Fsp3) is 0.273. The second-order valence-corrected chi connectivity index (χ2v) is 3.58. The first-order chi connectivity index (χ1) is 7.25. The number of aliphatic hydroxyl groups excluding tert-OH is 1. The number of aryl methyl sites for hydroxylation is 1. The number of aliphatic hydroxyl groups is 1. The van der Waals surface area contributed by atoms with Gasteiger partial charge in [-0.25, -0.2) is 4.98 Å². The average molecular weight is 203 g/mol. The molecule has 4 nitrogen and oxygen atoms in total. The molecule has 1 heterocycles. The number of H-pyrrole nitrogens is 1. The van der Waals surface area contributed by atoms with Crippen LogP contribution in [0.5, 0.6) is 0 Å². The van der Waals surface area contributed by atoms with Gasteiger partial charge in [0.1, 0.15) is 12.4 Å². The standard InChI is InChI=1S/C11H13N3O/c1-8-2-4-9(5-3-8)6-10(15)11-12-7-13-14-11/h2-5,7,10,15H,6H2,1H3,(H,12,13,14). The van der Waals surface area contributed by atoms with Gasteiger partial charge in [-0.15, -0.1) is 0 Å². The van der Waals surface area contributed by atoms with Crippen LogP contribution < -0.4 is 0 Å². The number of nitrogens with one attached hydrogen (secondary N) is 1. The maximum atomic E-state index is 9.80. The molecule has 78 valence electrons. The summed E-state index contributed by atoms with van der Waals surface area (Å²) in [7, 11) is 0. The molecule has 2 rings (SSSR count). The summed E-state index contributed by atoms with van der Waals surface area (Å²) in [4.78, 5) is 3.91. The molecule has 2 N–H and O–H groups in total. The molecule has 0 aliphatic carbocycles. The third kappa shape index (κ3) is 2.41. The lowest BCUT2D eigenvalue weighted by atomic mass is 10.1. The Balaban J connectivity index is 2.06. The zero-order valence-electron chi connectivity index (χ0n) is 8.51. The topological polar surface area (TPSA) is 61.8 Å². The Morgan fingerprint density at radius 2 is 2.07 bits per heavy atom. The minimum atomic E-state index is -0.616. The smallest absolute Gasteiger partial charge is 0.153 e. The van der Waals surface area contributed by atoms with Crippen molar-refractivity contribution in [1.29, 1.82) is 0 Å². The fourth-order valence-corrected chi connectivity index (χ4v) is 1.42. The van der Waals surface area contributed by atoms with Crippen LogP contribution in [-0.4, -0.2) is 20.3 Å². The molecule has 1 unspecified atom stereocenters. The first-order valence-electron chi connectivity index (χ1n) is 4.84. The van der Waals surface area contributed by atoms with Gasteiger partial charge in [-0.1, -0.05) is 29.8 Å². The van der Waals surface area contributed by atoms with E-state index in [0.717, 1.165) is 5.56 Å². The average Bonchev–Trinajstić information content (AvgIpc) is 2.74. The van der Waals surface area contributed by atoms with E-state index in [-0.39, 0.29) is 0 Å². The highest BCUT2D eigenvalue weighted by molar-refractivity contribution is 5.22. The summed E-state index contributed by atoms with van der Waals surface area (Å²) < 4.78 is 0. The zero-order valence-corrected chi connectivity index (χ0v) is 8.51. The maximum absolute atomic E-state index is 9.80. The third-order valence-electron chi connectivity index (χ3n) is 2.30. The maximum Gasteiger partial charge on any atom is 0.153 e. The van der Waals surface area contributed by atoms with Crippen LogP contribution in [0.3, 0.4) is 0 Å². The lowest BCUT2D eigenvalue weighted by molar-refractivity contribution is 0.169. The molecule has 0 radical (unpaired) electrons. The van der Waals surface area contributed by atoms with Crippen LogP contribution in [0.2, 0.25) is 0 Å². The van der Waals surface area contributed by atoms with Crippen LogP contribution in [0.25, 0.3) is 0 Å². The van der Waals surface area contributed by atoms with E-state index in [1.807, 2.05) is 31.2 Å². The van der Waals surface area contributed by atoms with Crippen molar-refractivity contribution in [3.63, 3.8) is 0 Å². The number of benzene rings is 1. The van der Waals surface area contributed by atoms with Gasteiger partial charge >= 0.3 is 0 Å². The Labute approximate surface area is 88.0 Å². The van der Waals surface area contributed by atoms with E-state index in [1.54, 1.807) is 0 Å². The lowest BCUT2D eigenvalue weighted by Crippen LogP contribution is -2.03. The van der Waals surface area contributed by atoms with Crippen molar-refractivity contribution in [1.82, 2.24) is 15.2 Å². The van der Waals surface area contributed by atoms with Crippen molar-refractivity contribution >= 4 is 0 Å². The normalized spacial score (nSPS) is 12.7. The monoisotopic (exact) mass is 203 g/mol. The fourth-order valence-electron chi connectivity index (χ4n) is 1.42. The first-order valence-corrected chi connectivity index (χ1v) is 4.84. The number of hydrogen-bond acceptors (Lipinski definition) is 3. The van der Waals surface area contributed by atoms with Crippen molar-refractivity contribution in [3.8, 4) is 0 Å². The lowest BCUT2D eigenvalue weighted by Gasteiger charge is -2.07. The van der Waals surface area contributed by atoms with Crippen molar-refractivity contribution in [2.45, 2.75) is 19.4 Å². The van der Waals surface area contributed by atoms with E-state index in [1.165, 1.54) is 11.9 Å². The van der Waals surface area contributed by atoms with Crippen molar-refractivity contribution in [2.75, 3.05) is 0 Å². The molecule has 0 aliphatic heterocycles. The number of aromatic amines is 1. The molecule has 0 aliphatic rings. The Kier molecular flexibility index (Phi) is 2.78. The highest BCUT2D eigenvalue weighted by atomic mass is 16.3. The van der Waals surface area contributed by atoms with E-state index in [2.05, 4.69) is 15.2 Å². The quantitative estimate of drug-likeness (QED) is 0.792. The molecule has 2 aromatic rings. The Hall–Kier alpha value is -1.68. The highest BCUT2D eigenvalue weighted by Gasteiger charge is 2.10. The van der Waals surface area contributed by atoms with Gasteiger partial charge in [0.05, 0.1) is 0 Å². The zero-order chi connectivity index (χ0) is 10.7. The highest BCUT2D eigenvalue weighted by Crippen LogP contribution is 2.14. The summed E-state index contributed by atoms with van der Waals surface area (Å²) in [5, 5.41) is 16.2. The van der Waals surface area contributed by atoms with Gasteiger partial charge in [-0.2, -0.15) is 5.10 Å². The molecule has 0 amide bonds. The van der Waals surface area contributed by atoms with Crippen LogP contribution in [0, 0.1) is 6.92 Å². The predicted octanol–water partition coefficient (Wildman–Crippen LogP) is 1.39. The Bertz CT molecular complexity index is 408.